The van der Waals surface area contributed by atoms with Gasteiger partial charge in [-0.2, -0.15) is 0 Å². The molecule has 0 amide bonds. The molecule has 0 radical (unpaired) electrons. The highest BCUT2D eigenvalue weighted by Crippen LogP contribution is 2.65. The van der Waals surface area contributed by atoms with Crippen molar-refractivity contribution in [2.45, 2.75) is 57.6 Å². The van der Waals surface area contributed by atoms with Gasteiger partial charge in [-0.05, 0) is 56.7 Å². The van der Waals surface area contributed by atoms with Gasteiger partial charge in [-0.3, -0.25) is 4.79 Å². The number of Topliss-reactive ketones (excluding diaryl/α,β-unsaturated/α-hetero) is 1. The number of nitrogens with one attached hydrogen (secondary N) is 1. The first-order valence-corrected chi connectivity index (χ1v) is 9.85. The van der Waals surface area contributed by atoms with E-state index in [2.05, 4.69) is 19.2 Å². The number of ether oxygens (including phenoxy) is 3. The van der Waals surface area contributed by atoms with Crippen LogP contribution in [0.4, 0.5) is 0 Å². The molecule has 1 saturated heterocycles. The third-order valence-corrected chi connectivity index (χ3v) is 7.26. The van der Waals surface area contributed by atoms with Gasteiger partial charge >= 0.3 is 0 Å². The molecule has 140 valence electrons. The van der Waals surface area contributed by atoms with Gasteiger partial charge in [0.2, 0.25) is 5.75 Å². The zero-order valence-corrected chi connectivity index (χ0v) is 16.0. The fourth-order valence-electron chi connectivity index (χ4n) is 6.23. The lowest BCUT2D eigenvalue weighted by Crippen LogP contribution is -2.66. The van der Waals surface area contributed by atoms with Gasteiger partial charge in [0.25, 0.3) is 0 Å². The Hall–Kier alpha value is -1.75. The summed E-state index contributed by atoms with van der Waals surface area (Å²) in [5.41, 5.74) is 3.51. The minimum Gasteiger partial charge on any atom is -0.490 e. The quantitative estimate of drug-likeness (QED) is 0.901. The molecule has 4 aliphatic rings. The maximum atomic E-state index is 13.1. The fraction of sp³-hybridized carbons (Fsp3) is 0.667. The molecule has 0 aromatic heterocycles. The number of hydrogen-bond donors (Lipinski definition) is 1. The van der Waals surface area contributed by atoms with Crippen molar-refractivity contribution in [3.8, 4) is 17.2 Å². The summed E-state index contributed by atoms with van der Waals surface area (Å²) < 4.78 is 18.2. The van der Waals surface area contributed by atoms with Gasteiger partial charge < -0.3 is 19.5 Å². The summed E-state index contributed by atoms with van der Waals surface area (Å²) >= 11 is 0. The standard InChI is InChI=1S/C21H27NO4/c1-5-25-17-11(3)12-9-14-13-8-10(2)16(23)20-21(13,6-7-22-14)15(12)18(26-20)19(17)24-4/h10,13-14,20,22H,5-9H2,1-4H3/t10?,13-,14+,20-,21-/m0/s1. The zero-order chi connectivity index (χ0) is 18.2. The molecule has 5 nitrogen and oxygen atoms in total. The normalized spacial score (nSPS) is 36.4. The van der Waals surface area contributed by atoms with E-state index in [0.29, 0.717) is 24.3 Å². The molecule has 2 aliphatic heterocycles. The van der Waals surface area contributed by atoms with Crippen molar-refractivity contribution in [3.05, 3.63) is 16.7 Å². The summed E-state index contributed by atoms with van der Waals surface area (Å²) in [6.45, 7) is 7.67. The van der Waals surface area contributed by atoms with E-state index in [1.807, 2.05) is 6.92 Å². The third-order valence-electron chi connectivity index (χ3n) is 7.26. The zero-order valence-electron chi connectivity index (χ0n) is 16.0. The highest BCUT2D eigenvalue weighted by molar-refractivity contribution is 5.91. The molecule has 1 aromatic carbocycles. The maximum absolute atomic E-state index is 13.1. The number of methoxy groups -OCH3 is 1. The lowest BCUT2D eigenvalue weighted by Gasteiger charge is -2.55. The van der Waals surface area contributed by atoms with E-state index in [1.54, 1.807) is 7.11 Å². The van der Waals surface area contributed by atoms with E-state index in [9.17, 15) is 4.79 Å². The van der Waals surface area contributed by atoms with Crippen molar-refractivity contribution >= 4 is 5.78 Å². The maximum Gasteiger partial charge on any atom is 0.203 e. The van der Waals surface area contributed by atoms with Gasteiger partial charge in [-0.25, -0.2) is 0 Å². The van der Waals surface area contributed by atoms with Crippen LogP contribution in [0.3, 0.4) is 0 Å². The molecule has 1 aromatic rings. The first-order chi connectivity index (χ1) is 12.5. The Balaban J connectivity index is 1.83. The molecular weight excluding hydrogens is 330 g/mol. The molecular formula is C21H27NO4. The Labute approximate surface area is 154 Å². The molecule has 1 unspecified atom stereocenters. The second-order valence-electron chi connectivity index (χ2n) is 8.30. The minimum atomic E-state index is -0.375. The molecule has 2 heterocycles. The highest BCUT2D eigenvalue weighted by Gasteiger charge is 2.66. The first-order valence-electron chi connectivity index (χ1n) is 9.85. The predicted molar refractivity (Wildman–Crippen MR) is 97.4 cm³/mol. The van der Waals surface area contributed by atoms with E-state index in [-0.39, 0.29) is 23.2 Å². The van der Waals surface area contributed by atoms with Crippen LogP contribution in [-0.4, -0.2) is 38.2 Å². The van der Waals surface area contributed by atoms with Crippen LogP contribution in [0.15, 0.2) is 0 Å². The van der Waals surface area contributed by atoms with Crippen LogP contribution in [0.5, 0.6) is 17.2 Å². The minimum absolute atomic E-state index is 0.0508. The van der Waals surface area contributed by atoms with Crippen molar-refractivity contribution in [2.24, 2.45) is 11.8 Å². The lowest BCUT2D eigenvalue weighted by atomic mass is 9.50. The van der Waals surface area contributed by atoms with Gasteiger partial charge in [-0.15, -0.1) is 0 Å². The van der Waals surface area contributed by atoms with Crippen LogP contribution in [0.2, 0.25) is 0 Å². The Morgan fingerprint density at radius 2 is 2.15 bits per heavy atom. The molecule has 26 heavy (non-hydrogen) atoms. The van der Waals surface area contributed by atoms with Crippen LogP contribution in [0, 0.1) is 18.8 Å². The van der Waals surface area contributed by atoms with Crippen LogP contribution in [0.1, 0.15) is 43.4 Å². The smallest absolute Gasteiger partial charge is 0.203 e. The number of rotatable bonds is 3. The van der Waals surface area contributed by atoms with Gasteiger partial charge in [0.05, 0.1) is 13.7 Å². The van der Waals surface area contributed by atoms with Gasteiger partial charge in [0.15, 0.2) is 23.4 Å². The Morgan fingerprint density at radius 1 is 1.35 bits per heavy atom. The average molecular weight is 357 g/mol. The number of hydrogen-bond acceptors (Lipinski definition) is 5. The summed E-state index contributed by atoms with van der Waals surface area (Å²) in [5, 5.41) is 3.73. The van der Waals surface area contributed by atoms with Crippen molar-refractivity contribution in [3.63, 3.8) is 0 Å². The summed E-state index contributed by atoms with van der Waals surface area (Å²) in [5.74, 6) is 2.97. The van der Waals surface area contributed by atoms with Crippen molar-refractivity contribution in [1.29, 1.82) is 0 Å². The van der Waals surface area contributed by atoms with Crippen molar-refractivity contribution in [2.75, 3.05) is 20.3 Å². The lowest BCUT2D eigenvalue weighted by molar-refractivity contribution is -0.140. The number of carbonyl (C=O) groups excluding carboxylic acids is 1. The fourth-order valence-corrected chi connectivity index (χ4v) is 6.23. The molecule has 2 aliphatic carbocycles. The largest absolute Gasteiger partial charge is 0.490 e. The van der Waals surface area contributed by atoms with E-state index in [1.165, 1.54) is 11.1 Å². The van der Waals surface area contributed by atoms with Crippen molar-refractivity contribution < 1.29 is 19.0 Å². The Morgan fingerprint density at radius 3 is 2.88 bits per heavy atom. The molecule has 5 heteroatoms. The summed E-state index contributed by atoms with van der Waals surface area (Å²) in [4.78, 5) is 13.1. The van der Waals surface area contributed by atoms with Gasteiger partial charge in [-0.1, -0.05) is 6.92 Å². The van der Waals surface area contributed by atoms with Gasteiger partial charge in [0, 0.05) is 22.9 Å². The van der Waals surface area contributed by atoms with E-state index < -0.39 is 0 Å². The third kappa shape index (κ3) is 1.73. The molecule has 2 bridgehead atoms. The Kier molecular flexibility index (Phi) is 3.40. The van der Waals surface area contributed by atoms with E-state index in [0.717, 1.165) is 42.9 Å². The number of ketones is 1. The molecule has 5 atom stereocenters. The number of benzene rings is 1. The summed E-state index contributed by atoms with van der Waals surface area (Å²) in [6.07, 6.45) is 2.50. The average Bonchev–Trinajstić information content (AvgIpc) is 2.94. The molecule has 2 fully saturated rings. The second-order valence-corrected chi connectivity index (χ2v) is 8.30. The molecule has 1 saturated carbocycles. The first kappa shape index (κ1) is 16.4. The van der Waals surface area contributed by atoms with Crippen LogP contribution < -0.4 is 19.5 Å². The van der Waals surface area contributed by atoms with E-state index >= 15 is 0 Å². The topological polar surface area (TPSA) is 56.8 Å². The van der Waals surface area contributed by atoms with Crippen LogP contribution in [0.25, 0.3) is 0 Å². The molecule has 1 spiro atoms. The number of carbonyl (C=O) groups is 1. The summed E-state index contributed by atoms with van der Waals surface area (Å²) in [6, 6.07) is 0.408. The predicted octanol–water partition coefficient (Wildman–Crippen LogP) is 2.54. The van der Waals surface area contributed by atoms with Gasteiger partial charge in [0.1, 0.15) is 0 Å². The second kappa shape index (κ2) is 5.38. The van der Waals surface area contributed by atoms with E-state index in [4.69, 9.17) is 14.2 Å². The summed E-state index contributed by atoms with van der Waals surface area (Å²) in [7, 11) is 1.67. The monoisotopic (exact) mass is 357 g/mol. The van der Waals surface area contributed by atoms with Crippen molar-refractivity contribution in [1.82, 2.24) is 5.32 Å². The van der Waals surface area contributed by atoms with Crippen LogP contribution in [-0.2, 0) is 16.6 Å². The highest BCUT2D eigenvalue weighted by atomic mass is 16.5. The van der Waals surface area contributed by atoms with Crippen LogP contribution >= 0.6 is 0 Å². The molecule has 5 rings (SSSR count). The molecule has 1 N–H and O–H groups in total. The number of piperidine rings is 1. The SMILES string of the molecule is CCOc1c(C)c2c3c(c1OC)O[C@H]1C(=O)C(C)C[C@H]4[C@@H](C2)NCC[C@]314. The Bertz CT molecular complexity index is 804.